The molecule has 2 aromatic carbocycles. The number of esters is 2. The van der Waals surface area contributed by atoms with Crippen LogP contribution in [0.25, 0.3) is 0 Å². The lowest BCUT2D eigenvalue weighted by molar-refractivity contribution is -0.145. The number of nitrogens with one attached hydrogen (secondary N) is 1. The van der Waals surface area contributed by atoms with E-state index in [0.29, 0.717) is 60.8 Å². The van der Waals surface area contributed by atoms with Crippen molar-refractivity contribution in [3.63, 3.8) is 0 Å². The zero-order valence-electron chi connectivity index (χ0n) is 31.6. The molecule has 54 heavy (non-hydrogen) atoms. The Balaban J connectivity index is 1.05. The third-order valence-corrected chi connectivity index (χ3v) is 9.91. The lowest BCUT2D eigenvalue weighted by Gasteiger charge is -2.34. The fraction of sp³-hybridized carbons (Fsp3) is 0.419. The molecule has 4 aromatic rings. The number of hydrogen-bond acceptors (Lipinski definition) is 10. The minimum absolute atomic E-state index is 0.0734. The van der Waals surface area contributed by atoms with Crippen molar-refractivity contribution in [3.8, 4) is 17.4 Å². The lowest BCUT2D eigenvalue weighted by atomic mass is 9.91. The highest BCUT2D eigenvalue weighted by atomic mass is 16.5. The van der Waals surface area contributed by atoms with Crippen molar-refractivity contribution in [2.45, 2.75) is 71.8 Å². The Labute approximate surface area is 317 Å². The van der Waals surface area contributed by atoms with Crippen molar-refractivity contribution >= 4 is 29.4 Å². The monoisotopic (exact) mass is 734 g/mol. The second kappa shape index (κ2) is 18.1. The fourth-order valence-electron chi connectivity index (χ4n) is 6.79. The first kappa shape index (κ1) is 38.3. The lowest BCUT2D eigenvalue weighted by Crippen LogP contribution is -2.36. The molecule has 2 aromatic heterocycles. The molecule has 284 valence electrons. The number of anilines is 2. The highest BCUT2D eigenvalue weighted by Gasteiger charge is 2.34. The van der Waals surface area contributed by atoms with Gasteiger partial charge in [-0.25, -0.2) is 9.97 Å². The number of nitrogens with zero attached hydrogens (tertiary/aromatic N) is 3. The number of carbonyl (C=O) groups excluding carboxylic acids is 3. The summed E-state index contributed by atoms with van der Waals surface area (Å²) in [5, 5.41) is 2.89. The molecule has 6 rings (SSSR count). The number of rotatable bonds is 16. The van der Waals surface area contributed by atoms with Gasteiger partial charge in [-0.05, 0) is 97.7 Å². The summed E-state index contributed by atoms with van der Waals surface area (Å²) in [5.74, 6) is 1.62. The third kappa shape index (κ3) is 10.6. The molecule has 1 aliphatic heterocycles. The van der Waals surface area contributed by atoms with E-state index < -0.39 is 0 Å². The van der Waals surface area contributed by atoms with Gasteiger partial charge in [-0.3, -0.25) is 14.4 Å². The predicted octanol–water partition coefficient (Wildman–Crippen LogP) is 7.92. The summed E-state index contributed by atoms with van der Waals surface area (Å²) in [4.78, 5) is 50.2. The summed E-state index contributed by atoms with van der Waals surface area (Å²) in [5.41, 5.74) is 3.92. The summed E-state index contributed by atoms with van der Waals surface area (Å²) in [6.07, 6.45) is 6.25. The summed E-state index contributed by atoms with van der Waals surface area (Å²) in [7, 11) is 1.60. The van der Waals surface area contributed by atoms with Gasteiger partial charge in [0.2, 0.25) is 5.88 Å². The van der Waals surface area contributed by atoms with E-state index >= 15 is 0 Å². The largest absolute Gasteiger partial charge is 0.497 e. The van der Waals surface area contributed by atoms with E-state index in [1.165, 1.54) is 0 Å². The van der Waals surface area contributed by atoms with Crippen LogP contribution in [0, 0.1) is 24.7 Å². The van der Waals surface area contributed by atoms with Crippen LogP contribution in [0.2, 0.25) is 0 Å². The van der Waals surface area contributed by atoms with Gasteiger partial charge in [-0.15, -0.1) is 0 Å². The van der Waals surface area contributed by atoms with Crippen LogP contribution in [0.5, 0.6) is 17.4 Å². The van der Waals surface area contributed by atoms with Crippen LogP contribution >= 0.6 is 0 Å². The Morgan fingerprint density at radius 2 is 1.69 bits per heavy atom. The normalized spacial score (nSPS) is 15.0. The Morgan fingerprint density at radius 3 is 2.41 bits per heavy atom. The zero-order valence-corrected chi connectivity index (χ0v) is 31.6. The van der Waals surface area contributed by atoms with Gasteiger partial charge in [0.1, 0.15) is 12.4 Å². The van der Waals surface area contributed by atoms with Gasteiger partial charge in [-0.1, -0.05) is 44.2 Å². The van der Waals surface area contributed by atoms with Crippen molar-refractivity contribution in [2.24, 2.45) is 17.8 Å². The van der Waals surface area contributed by atoms with E-state index in [2.05, 4.69) is 20.2 Å². The summed E-state index contributed by atoms with van der Waals surface area (Å²) in [6.45, 7) is 7.91. The van der Waals surface area contributed by atoms with E-state index in [0.717, 1.165) is 42.5 Å². The molecule has 1 saturated heterocycles. The van der Waals surface area contributed by atoms with Gasteiger partial charge in [0.05, 0.1) is 31.4 Å². The number of ether oxygens (including phenoxy) is 4. The number of aromatic nitrogens is 2. The molecule has 0 bridgehead atoms. The molecule has 11 heteroatoms. The van der Waals surface area contributed by atoms with Crippen LogP contribution in [-0.2, 0) is 20.9 Å². The topological polar surface area (TPSA) is 129 Å². The van der Waals surface area contributed by atoms with Crippen LogP contribution in [-0.4, -0.2) is 54.6 Å². The van der Waals surface area contributed by atoms with E-state index in [1.54, 1.807) is 37.6 Å². The third-order valence-electron chi connectivity index (χ3n) is 9.91. The van der Waals surface area contributed by atoms with Gasteiger partial charge < -0.3 is 29.2 Å². The minimum Gasteiger partial charge on any atom is -0.497 e. The zero-order chi connectivity index (χ0) is 38.0. The van der Waals surface area contributed by atoms with Gasteiger partial charge in [0, 0.05) is 43.5 Å². The maximum absolute atomic E-state index is 13.8. The van der Waals surface area contributed by atoms with E-state index in [4.69, 9.17) is 18.9 Å². The van der Waals surface area contributed by atoms with Crippen molar-refractivity contribution in [1.29, 1.82) is 0 Å². The van der Waals surface area contributed by atoms with Crippen LogP contribution in [0.4, 0.5) is 11.5 Å². The molecule has 1 saturated carbocycles. The van der Waals surface area contributed by atoms with Crippen molar-refractivity contribution in [3.05, 3.63) is 101 Å². The first-order chi connectivity index (χ1) is 26.1. The molecule has 3 heterocycles. The number of methoxy groups -OCH3 is 1. The molecule has 0 radical (unpaired) electrons. The average molecular weight is 735 g/mol. The van der Waals surface area contributed by atoms with Crippen LogP contribution in [0.15, 0.2) is 79.0 Å². The number of pyridine rings is 2. The molecule has 0 spiro atoms. The molecular weight excluding hydrogens is 684 g/mol. The Kier molecular flexibility index (Phi) is 12.8. The van der Waals surface area contributed by atoms with E-state index in [-0.39, 0.29) is 54.3 Å². The van der Waals surface area contributed by atoms with Crippen molar-refractivity contribution < 1.29 is 33.3 Å². The first-order valence-corrected chi connectivity index (χ1v) is 18.9. The fourth-order valence-corrected chi connectivity index (χ4v) is 6.79. The highest BCUT2D eigenvalue weighted by Crippen LogP contribution is 2.45. The maximum atomic E-state index is 13.8. The molecule has 1 aliphatic carbocycles. The van der Waals surface area contributed by atoms with Crippen LogP contribution in [0.3, 0.4) is 0 Å². The number of benzene rings is 2. The van der Waals surface area contributed by atoms with Gasteiger partial charge in [-0.2, -0.15) is 0 Å². The smallest absolute Gasteiger partial charge is 0.311 e. The molecule has 1 atom stereocenters. The Bertz CT molecular complexity index is 1910. The van der Waals surface area contributed by atoms with Crippen molar-refractivity contribution in [1.82, 2.24) is 9.97 Å². The molecule has 1 unspecified atom stereocenters. The molecule has 2 fully saturated rings. The molecule has 1 N–H and O–H groups in total. The summed E-state index contributed by atoms with van der Waals surface area (Å²) >= 11 is 0. The second-order valence-corrected chi connectivity index (χ2v) is 14.7. The predicted molar refractivity (Wildman–Crippen MR) is 206 cm³/mol. The number of piperidine rings is 1. The van der Waals surface area contributed by atoms with E-state index in [9.17, 15) is 14.4 Å². The maximum Gasteiger partial charge on any atom is 0.311 e. The second-order valence-electron chi connectivity index (χ2n) is 14.7. The van der Waals surface area contributed by atoms with Crippen LogP contribution in [0.1, 0.15) is 85.5 Å². The molecule has 11 nitrogen and oxygen atoms in total. The number of aryl methyl sites for hydroxylation is 1. The SMILES string of the molecule is COc1ccc(C(=O)Nc2nc(C)ccc2OC(=O)CC(C)C)c(N2CCC(COc3cc(C(CC(=O)OCc4ccccc4)C4CC4)ccn3)CC2)c1. The molecule has 1 amide bonds. The summed E-state index contributed by atoms with van der Waals surface area (Å²) in [6, 6.07) is 22.5. The minimum atomic E-state index is -0.383. The number of amides is 1. The first-order valence-electron chi connectivity index (χ1n) is 18.9. The highest BCUT2D eigenvalue weighted by molar-refractivity contribution is 6.08. The Hall–Kier alpha value is -5.45. The van der Waals surface area contributed by atoms with Gasteiger partial charge in [0.15, 0.2) is 11.6 Å². The van der Waals surface area contributed by atoms with Gasteiger partial charge in [0.25, 0.3) is 5.91 Å². The van der Waals surface area contributed by atoms with Gasteiger partial charge >= 0.3 is 11.9 Å². The molecule has 2 aliphatic rings. The number of carbonyl (C=O) groups is 3. The Morgan fingerprint density at radius 1 is 0.907 bits per heavy atom. The quantitative estimate of drug-likeness (QED) is 0.113. The van der Waals surface area contributed by atoms with E-state index in [1.807, 2.05) is 69.3 Å². The molecular formula is C43H50N4O7. The summed E-state index contributed by atoms with van der Waals surface area (Å²) < 4.78 is 23.0. The number of hydrogen-bond donors (Lipinski definition) is 1. The van der Waals surface area contributed by atoms with Crippen LogP contribution < -0.4 is 24.4 Å². The standard InChI is InChI=1S/C43H50N4O7/c1-28(2)22-41(49)54-38-15-10-29(3)45-42(38)46-43(50)35-14-13-34(51-4)24-37(35)47-20-17-31(18-21-47)26-52-39-23-33(16-19-44-39)36(32-11-12-32)25-40(48)53-27-30-8-6-5-7-9-30/h5-10,13-16,19,23-24,28,31-32,36H,11-12,17-18,20-22,25-27H2,1-4H3,(H,45,46,50). The van der Waals surface area contributed by atoms with Crippen molar-refractivity contribution in [2.75, 3.05) is 37.0 Å². The average Bonchev–Trinajstić information content (AvgIpc) is 4.02.